The molecular formula is C16H21N5O. The second kappa shape index (κ2) is 5.35. The van der Waals surface area contributed by atoms with Crippen molar-refractivity contribution in [2.24, 2.45) is 0 Å². The molecule has 22 heavy (non-hydrogen) atoms. The Labute approximate surface area is 129 Å². The van der Waals surface area contributed by atoms with Crippen molar-refractivity contribution in [2.45, 2.75) is 32.2 Å². The maximum atomic E-state index is 12.6. The van der Waals surface area contributed by atoms with Gasteiger partial charge in [-0.3, -0.25) is 4.79 Å². The molecule has 6 nitrogen and oxygen atoms in total. The summed E-state index contributed by atoms with van der Waals surface area (Å²) in [5, 5.41) is 3.28. The normalized spacial score (nSPS) is 18.9. The first-order chi connectivity index (χ1) is 10.7. The molecule has 3 heterocycles. The molecule has 1 aliphatic carbocycles. The summed E-state index contributed by atoms with van der Waals surface area (Å²) in [5.41, 5.74) is 2.86. The maximum Gasteiger partial charge on any atom is 0.242 e. The highest BCUT2D eigenvalue weighted by molar-refractivity contribution is 5.79. The summed E-state index contributed by atoms with van der Waals surface area (Å²) in [6.45, 7) is 5.72. The Hall–Kier alpha value is -1.95. The van der Waals surface area contributed by atoms with Gasteiger partial charge in [0.25, 0.3) is 0 Å². The summed E-state index contributed by atoms with van der Waals surface area (Å²) in [6, 6.07) is 2.06. The van der Waals surface area contributed by atoms with Crippen LogP contribution in [0.25, 0.3) is 11.2 Å². The second-order valence-corrected chi connectivity index (χ2v) is 6.32. The van der Waals surface area contributed by atoms with Gasteiger partial charge in [0, 0.05) is 38.3 Å². The first kappa shape index (κ1) is 13.7. The van der Waals surface area contributed by atoms with Crippen LogP contribution in [0.15, 0.2) is 12.3 Å². The Bertz CT molecular complexity index is 713. The smallest absolute Gasteiger partial charge is 0.242 e. The van der Waals surface area contributed by atoms with E-state index in [1.165, 1.54) is 12.8 Å². The maximum absolute atomic E-state index is 12.6. The van der Waals surface area contributed by atoms with E-state index in [0.29, 0.717) is 12.5 Å². The van der Waals surface area contributed by atoms with Gasteiger partial charge < -0.3 is 14.8 Å². The van der Waals surface area contributed by atoms with Gasteiger partial charge in [-0.05, 0) is 31.4 Å². The lowest BCUT2D eigenvalue weighted by Gasteiger charge is -2.27. The van der Waals surface area contributed by atoms with E-state index in [-0.39, 0.29) is 5.91 Å². The van der Waals surface area contributed by atoms with Gasteiger partial charge in [-0.15, -0.1) is 0 Å². The Morgan fingerprint density at radius 2 is 2.14 bits per heavy atom. The lowest BCUT2D eigenvalue weighted by atomic mass is 10.3. The van der Waals surface area contributed by atoms with Crippen molar-refractivity contribution in [3.8, 4) is 0 Å². The number of carbonyl (C=O) groups excluding carboxylic acids is 1. The van der Waals surface area contributed by atoms with E-state index in [2.05, 4.69) is 16.4 Å². The number of aryl methyl sites for hydroxylation is 1. The predicted octanol–water partition coefficient (Wildman–Crippen LogP) is 1.05. The highest BCUT2D eigenvalue weighted by Gasteiger charge is 2.31. The van der Waals surface area contributed by atoms with Crippen molar-refractivity contribution in [1.29, 1.82) is 0 Å². The molecule has 0 bridgehead atoms. The zero-order chi connectivity index (χ0) is 15.1. The van der Waals surface area contributed by atoms with E-state index < -0.39 is 0 Å². The van der Waals surface area contributed by atoms with Crippen molar-refractivity contribution in [2.75, 3.05) is 26.2 Å². The summed E-state index contributed by atoms with van der Waals surface area (Å²) < 4.78 is 2.04. The minimum atomic E-state index is 0.171. The molecule has 0 radical (unpaired) electrons. The summed E-state index contributed by atoms with van der Waals surface area (Å²) in [7, 11) is 0. The fourth-order valence-electron chi connectivity index (χ4n) is 3.09. The zero-order valence-corrected chi connectivity index (χ0v) is 12.9. The highest BCUT2D eigenvalue weighted by Crippen LogP contribution is 2.40. The Morgan fingerprint density at radius 3 is 2.86 bits per heavy atom. The minimum Gasteiger partial charge on any atom is -0.339 e. The summed E-state index contributed by atoms with van der Waals surface area (Å²) in [4.78, 5) is 23.8. The molecule has 1 saturated heterocycles. The number of imidazole rings is 1. The number of carbonyl (C=O) groups is 1. The van der Waals surface area contributed by atoms with Crippen LogP contribution in [-0.2, 0) is 11.3 Å². The quantitative estimate of drug-likeness (QED) is 0.920. The van der Waals surface area contributed by atoms with Crippen molar-refractivity contribution >= 4 is 17.1 Å². The molecule has 1 saturated carbocycles. The number of nitrogens with zero attached hydrogens (tertiary/aromatic N) is 4. The molecule has 1 N–H and O–H groups in total. The molecule has 0 spiro atoms. The second-order valence-electron chi connectivity index (χ2n) is 6.32. The van der Waals surface area contributed by atoms with Crippen LogP contribution in [0, 0.1) is 6.92 Å². The van der Waals surface area contributed by atoms with E-state index in [1.54, 1.807) is 0 Å². The van der Waals surface area contributed by atoms with Gasteiger partial charge in [0.05, 0.1) is 0 Å². The molecule has 4 rings (SSSR count). The first-order valence-electron chi connectivity index (χ1n) is 8.03. The molecule has 1 aliphatic heterocycles. The van der Waals surface area contributed by atoms with Crippen LogP contribution in [0.4, 0.5) is 0 Å². The molecule has 2 aromatic heterocycles. The molecule has 0 unspecified atom stereocenters. The molecule has 0 atom stereocenters. The molecule has 1 amide bonds. The lowest BCUT2D eigenvalue weighted by Crippen LogP contribution is -2.47. The van der Waals surface area contributed by atoms with Crippen LogP contribution in [0.5, 0.6) is 0 Å². The number of piperazine rings is 1. The van der Waals surface area contributed by atoms with Crippen molar-refractivity contribution in [3.63, 3.8) is 0 Å². The van der Waals surface area contributed by atoms with Gasteiger partial charge in [0.1, 0.15) is 17.9 Å². The first-order valence-corrected chi connectivity index (χ1v) is 8.03. The fourth-order valence-corrected chi connectivity index (χ4v) is 3.09. The monoisotopic (exact) mass is 299 g/mol. The van der Waals surface area contributed by atoms with Crippen LogP contribution < -0.4 is 5.32 Å². The molecule has 6 heteroatoms. The standard InChI is InChI=1S/C16H21N5O/c1-11-8-13-16(18-9-11)21(15(19-13)12-2-3-12)10-14(22)20-6-4-17-5-7-20/h8-9,12,17H,2-7,10H2,1H3. The molecule has 2 fully saturated rings. The number of rotatable bonds is 3. The Kier molecular flexibility index (Phi) is 3.33. The van der Waals surface area contributed by atoms with Crippen LogP contribution >= 0.6 is 0 Å². The largest absolute Gasteiger partial charge is 0.339 e. The van der Waals surface area contributed by atoms with Gasteiger partial charge in [-0.1, -0.05) is 0 Å². The number of aromatic nitrogens is 3. The van der Waals surface area contributed by atoms with Crippen LogP contribution in [0.2, 0.25) is 0 Å². The third-order valence-electron chi connectivity index (χ3n) is 4.46. The van der Waals surface area contributed by atoms with Crippen LogP contribution in [-0.4, -0.2) is 51.5 Å². The van der Waals surface area contributed by atoms with Gasteiger partial charge in [-0.2, -0.15) is 0 Å². The number of amides is 1. The fraction of sp³-hybridized carbons (Fsp3) is 0.562. The predicted molar refractivity (Wildman–Crippen MR) is 83.7 cm³/mol. The van der Waals surface area contributed by atoms with Crippen molar-refractivity contribution in [3.05, 3.63) is 23.7 Å². The molecule has 0 aromatic carbocycles. The van der Waals surface area contributed by atoms with Gasteiger partial charge in [-0.25, -0.2) is 9.97 Å². The highest BCUT2D eigenvalue weighted by atomic mass is 16.2. The zero-order valence-electron chi connectivity index (χ0n) is 12.9. The Balaban J connectivity index is 1.67. The van der Waals surface area contributed by atoms with Gasteiger partial charge >= 0.3 is 0 Å². The molecule has 2 aliphatic rings. The van der Waals surface area contributed by atoms with E-state index >= 15 is 0 Å². The van der Waals surface area contributed by atoms with E-state index in [4.69, 9.17) is 4.98 Å². The van der Waals surface area contributed by atoms with Crippen molar-refractivity contribution in [1.82, 2.24) is 24.8 Å². The average Bonchev–Trinajstić information content (AvgIpc) is 3.32. The summed E-state index contributed by atoms with van der Waals surface area (Å²) >= 11 is 0. The van der Waals surface area contributed by atoms with Crippen molar-refractivity contribution < 1.29 is 4.79 Å². The number of pyridine rings is 1. The van der Waals surface area contributed by atoms with Gasteiger partial charge in [0.15, 0.2) is 5.65 Å². The number of fused-ring (bicyclic) bond motifs is 1. The molecular weight excluding hydrogens is 278 g/mol. The van der Waals surface area contributed by atoms with E-state index in [1.807, 2.05) is 22.6 Å². The van der Waals surface area contributed by atoms with Gasteiger partial charge in [0.2, 0.25) is 5.91 Å². The van der Waals surface area contributed by atoms with E-state index in [0.717, 1.165) is 48.7 Å². The number of hydrogen-bond donors (Lipinski definition) is 1. The average molecular weight is 299 g/mol. The molecule has 2 aromatic rings. The summed E-state index contributed by atoms with van der Waals surface area (Å²) in [5.74, 6) is 1.71. The third-order valence-corrected chi connectivity index (χ3v) is 4.46. The number of hydrogen-bond acceptors (Lipinski definition) is 4. The lowest BCUT2D eigenvalue weighted by molar-refractivity contribution is -0.132. The SMILES string of the molecule is Cc1cnc2c(c1)nc(C1CC1)n2CC(=O)N1CCNCC1. The van der Waals surface area contributed by atoms with E-state index in [9.17, 15) is 4.79 Å². The minimum absolute atomic E-state index is 0.171. The van der Waals surface area contributed by atoms with Crippen LogP contribution in [0.1, 0.15) is 30.1 Å². The topological polar surface area (TPSA) is 63.1 Å². The van der Waals surface area contributed by atoms with Crippen LogP contribution in [0.3, 0.4) is 0 Å². The number of nitrogens with one attached hydrogen (secondary N) is 1. The third kappa shape index (κ3) is 2.47. The molecule has 116 valence electrons. The summed E-state index contributed by atoms with van der Waals surface area (Å²) in [6.07, 6.45) is 4.20. The Morgan fingerprint density at radius 1 is 1.36 bits per heavy atom.